The van der Waals surface area contributed by atoms with E-state index >= 15 is 0 Å². The Morgan fingerprint density at radius 2 is 2.00 bits per heavy atom. The van der Waals surface area contributed by atoms with Crippen molar-refractivity contribution in [2.24, 2.45) is 0 Å². The van der Waals surface area contributed by atoms with Gasteiger partial charge in [-0.3, -0.25) is 4.79 Å². The maximum Gasteiger partial charge on any atom is 0.206 e. The maximum atomic E-state index is 13.1. The van der Waals surface area contributed by atoms with E-state index in [-0.39, 0.29) is 33.4 Å². The Labute approximate surface area is 177 Å². The van der Waals surface area contributed by atoms with Gasteiger partial charge in [0.1, 0.15) is 27.2 Å². The number of pyridine rings is 1. The zero-order valence-corrected chi connectivity index (χ0v) is 17.1. The van der Waals surface area contributed by atoms with Crippen LogP contribution in [-0.2, 0) is 0 Å². The summed E-state index contributed by atoms with van der Waals surface area (Å²) in [5.74, 6) is -0.237. The van der Waals surface area contributed by atoms with Crippen LogP contribution in [0.5, 0.6) is 0 Å². The number of carbonyl (C=O) groups excluding carboxylic acids is 1. The summed E-state index contributed by atoms with van der Waals surface area (Å²) in [4.78, 5) is 19.0. The normalized spacial score (nSPS) is 10.9. The number of nitrogens with two attached hydrogens (primary N) is 2. The third-order valence-corrected chi connectivity index (χ3v) is 6.70. The highest BCUT2D eigenvalue weighted by Crippen LogP contribution is 2.44. The number of rotatable bonds is 3. The van der Waals surface area contributed by atoms with Gasteiger partial charge in [0.2, 0.25) is 5.78 Å². The minimum absolute atomic E-state index is 0.100. The molecule has 0 amide bonds. The van der Waals surface area contributed by atoms with Crippen LogP contribution in [0, 0.1) is 11.3 Å². The van der Waals surface area contributed by atoms with E-state index < -0.39 is 0 Å². The van der Waals surface area contributed by atoms with Gasteiger partial charge in [0.15, 0.2) is 0 Å². The minimum atomic E-state index is -0.337. The van der Waals surface area contributed by atoms with Gasteiger partial charge in [0.05, 0.1) is 10.7 Å². The summed E-state index contributed by atoms with van der Waals surface area (Å²) in [5.41, 5.74) is 13.8. The van der Waals surface area contributed by atoms with Gasteiger partial charge in [-0.05, 0) is 29.6 Å². The molecule has 0 saturated carbocycles. The smallest absolute Gasteiger partial charge is 0.206 e. The van der Waals surface area contributed by atoms with Crippen LogP contribution in [0.3, 0.4) is 0 Å². The Balaban J connectivity index is 2.01. The molecule has 28 heavy (non-hydrogen) atoms. The topological polar surface area (TPSA) is 106 Å². The van der Waals surface area contributed by atoms with Crippen LogP contribution in [0.4, 0.5) is 11.5 Å². The number of aromatic nitrogens is 1. The first-order chi connectivity index (χ1) is 13.4. The van der Waals surface area contributed by atoms with Gasteiger partial charge in [-0.15, -0.1) is 22.7 Å². The first-order valence-electron chi connectivity index (χ1n) is 7.87. The molecule has 0 unspecified atom stereocenters. The molecule has 0 atom stereocenters. The molecule has 9 heteroatoms. The molecule has 0 aliphatic heterocycles. The van der Waals surface area contributed by atoms with Gasteiger partial charge >= 0.3 is 0 Å². The molecule has 3 heterocycles. The molecule has 0 saturated heterocycles. The molecular formula is C19H10Cl2N4OS2. The number of benzene rings is 1. The quantitative estimate of drug-likeness (QED) is 0.400. The largest absolute Gasteiger partial charge is 0.397 e. The van der Waals surface area contributed by atoms with E-state index in [4.69, 9.17) is 34.7 Å². The second-order valence-electron chi connectivity index (χ2n) is 5.81. The average Bonchev–Trinajstić information content (AvgIpc) is 3.29. The van der Waals surface area contributed by atoms with Crippen molar-refractivity contribution < 1.29 is 4.79 Å². The molecule has 4 rings (SSSR count). The summed E-state index contributed by atoms with van der Waals surface area (Å²) < 4.78 is 0. The van der Waals surface area contributed by atoms with Gasteiger partial charge in [-0.1, -0.05) is 29.3 Å². The zero-order valence-electron chi connectivity index (χ0n) is 14.0. The fraction of sp³-hybridized carbons (Fsp3) is 0. The summed E-state index contributed by atoms with van der Waals surface area (Å²) >= 11 is 14.7. The standard InChI is InChI=1S/C19H10Cl2N4OS2/c20-8-3-4-9(11(21)6-8)16(26)17-15(23)14-13(12-2-1-5-27-12)10(7-22)18(24)25-19(14)28-17/h1-6H,23H2,(H2,24,25). The van der Waals surface area contributed by atoms with Crippen LogP contribution in [0.15, 0.2) is 35.7 Å². The van der Waals surface area contributed by atoms with E-state index in [1.165, 1.54) is 17.4 Å². The first kappa shape index (κ1) is 18.7. The highest BCUT2D eigenvalue weighted by molar-refractivity contribution is 7.21. The van der Waals surface area contributed by atoms with Gasteiger partial charge < -0.3 is 11.5 Å². The molecule has 1 aromatic carbocycles. The molecule has 0 spiro atoms. The molecule has 4 aromatic rings. The number of fused-ring (bicyclic) bond motifs is 1. The Morgan fingerprint density at radius 3 is 2.64 bits per heavy atom. The number of halogens is 2. The number of nitrogens with zero attached hydrogens (tertiary/aromatic N) is 2. The van der Waals surface area contributed by atoms with Crippen LogP contribution < -0.4 is 11.5 Å². The predicted octanol–water partition coefficient (Wildman–Crippen LogP) is 5.60. The van der Waals surface area contributed by atoms with Crippen LogP contribution in [-0.4, -0.2) is 10.8 Å². The number of hydrogen-bond donors (Lipinski definition) is 2. The van der Waals surface area contributed by atoms with E-state index in [0.717, 1.165) is 16.2 Å². The highest BCUT2D eigenvalue weighted by Gasteiger charge is 2.26. The molecule has 3 aromatic heterocycles. The molecular weight excluding hydrogens is 435 g/mol. The number of thiophene rings is 2. The fourth-order valence-electron chi connectivity index (χ4n) is 2.92. The van der Waals surface area contributed by atoms with E-state index in [1.807, 2.05) is 17.5 Å². The summed E-state index contributed by atoms with van der Waals surface area (Å²) in [6.07, 6.45) is 0. The molecule has 0 aliphatic rings. The summed E-state index contributed by atoms with van der Waals surface area (Å²) in [6, 6.07) is 10.5. The number of ketones is 1. The highest BCUT2D eigenvalue weighted by atomic mass is 35.5. The number of nitrogen functional groups attached to an aromatic ring is 2. The fourth-order valence-corrected chi connectivity index (χ4v) is 5.26. The van der Waals surface area contributed by atoms with Gasteiger partial charge in [0, 0.05) is 26.4 Å². The lowest BCUT2D eigenvalue weighted by Crippen LogP contribution is -2.03. The third-order valence-electron chi connectivity index (χ3n) is 4.17. The van der Waals surface area contributed by atoms with Crippen molar-refractivity contribution in [2.75, 3.05) is 11.5 Å². The van der Waals surface area contributed by atoms with Crippen LogP contribution in [0.2, 0.25) is 10.0 Å². The summed E-state index contributed by atoms with van der Waals surface area (Å²) in [5, 5.41) is 12.7. The van der Waals surface area contributed by atoms with Crippen molar-refractivity contribution >= 4 is 73.4 Å². The number of carbonyl (C=O) groups is 1. The van der Waals surface area contributed by atoms with Gasteiger partial charge in [-0.25, -0.2) is 4.98 Å². The van der Waals surface area contributed by atoms with Crippen LogP contribution >= 0.6 is 45.9 Å². The summed E-state index contributed by atoms with van der Waals surface area (Å²) in [7, 11) is 0. The summed E-state index contributed by atoms with van der Waals surface area (Å²) in [6.45, 7) is 0. The van der Waals surface area contributed by atoms with Gasteiger partial charge in [-0.2, -0.15) is 5.26 Å². The molecule has 4 N–H and O–H groups in total. The lowest BCUT2D eigenvalue weighted by molar-refractivity contribution is 0.104. The molecule has 138 valence electrons. The van der Waals surface area contributed by atoms with Crippen LogP contribution in [0.1, 0.15) is 20.8 Å². The zero-order chi connectivity index (χ0) is 20.0. The number of hydrogen-bond acceptors (Lipinski definition) is 7. The number of nitriles is 1. The second kappa shape index (κ2) is 7.08. The van der Waals surface area contributed by atoms with E-state index in [0.29, 0.717) is 25.7 Å². The minimum Gasteiger partial charge on any atom is -0.397 e. The molecule has 5 nitrogen and oxygen atoms in total. The predicted molar refractivity (Wildman–Crippen MR) is 116 cm³/mol. The van der Waals surface area contributed by atoms with Crippen molar-refractivity contribution in [3.63, 3.8) is 0 Å². The number of anilines is 2. The van der Waals surface area contributed by atoms with Crippen molar-refractivity contribution in [1.82, 2.24) is 4.98 Å². The Hall–Kier alpha value is -2.63. The average molecular weight is 445 g/mol. The molecule has 0 bridgehead atoms. The Kier molecular flexibility index (Phi) is 4.73. The van der Waals surface area contributed by atoms with Crippen LogP contribution in [0.25, 0.3) is 20.7 Å². The Morgan fingerprint density at radius 1 is 1.21 bits per heavy atom. The van der Waals surface area contributed by atoms with E-state index in [1.54, 1.807) is 12.1 Å². The maximum absolute atomic E-state index is 13.1. The van der Waals surface area contributed by atoms with Crippen molar-refractivity contribution in [3.05, 3.63) is 61.8 Å². The van der Waals surface area contributed by atoms with Gasteiger partial charge in [0.25, 0.3) is 0 Å². The lowest BCUT2D eigenvalue weighted by atomic mass is 10.0. The molecule has 0 fully saturated rings. The SMILES string of the molecule is N#Cc1c(N)nc2sc(C(=O)c3ccc(Cl)cc3Cl)c(N)c2c1-c1cccs1. The van der Waals surface area contributed by atoms with E-state index in [9.17, 15) is 10.1 Å². The van der Waals surface area contributed by atoms with Crippen molar-refractivity contribution in [3.8, 4) is 16.5 Å². The monoisotopic (exact) mass is 444 g/mol. The van der Waals surface area contributed by atoms with Crippen molar-refractivity contribution in [1.29, 1.82) is 5.26 Å². The first-order valence-corrected chi connectivity index (χ1v) is 10.3. The lowest BCUT2D eigenvalue weighted by Gasteiger charge is -2.07. The molecule has 0 radical (unpaired) electrons. The third kappa shape index (κ3) is 2.91. The Bertz CT molecular complexity index is 1290. The van der Waals surface area contributed by atoms with E-state index in [2.05, 4.69) is 11.1 Å². The molecule has 0 aliphatic carbocycles. The second-order valence-corrected chi connectivity index (χ2v) is 8.60. The van der Waals surface area contributed by atoms with Crippen molar-refractivity contribution in [2.45, 2.75) is 0 Å².